The van der Waals surface area contributed by atoms with E-state index in [-0.39, 0.29) is 87.3 Å². The number of piperidine rings is 1. The van der Waals surface area contributed by atoms with Gasteiger partial charge in [0, 0.05) is 89.0 Å². The summed E-state index contributed by atoms with van der Waals surface area (Å²) < 4.78 is 58.5. The predicted octanol–water partition coefficient (Wildman–Crippen LogP) is 9.81. The van der Waals surface area contributed by atoms with Crippen LogP contribution in [0.4, 0.5) is 5.69 Å². The maximum atomic E-state index is 14.7. The zero-order chi connectivity index (χ0) is 76.7. The molecule has 0 radical (unpaired) electrons. The molecule has 1 aliphatic carbocycles. The molecule has 5 aliphatic rings. The van der Waals surface area contributed by atoms with Crippen LogP contribution >= 0.6 is 0 Å². The maximum Gasteiger partial charge on any atom is 0.329 e. The van der Waals surface area contributed by atoms with Gasteiger partial charge in [-0.25, -0.2) is 4.79 Å². The van der Waals surface area contributed by atoms with Crippen LogP contribution in [0.3, 0.4) is 0 Å². The summed E-state index contributed by atoms with van der Waals surface area (Å²) in [6.45, 7) is 15.7. The van der Waals surface area contributed by atoms with Crippen molar-refractivity contribution < 1.29 is 95.9 Å². The number of nitrogens with one attached hydrogen (secondary N) is 1. The molecule has 2 bridgehead atoms. The number of carbonyl (C=O) groups is 8. The molecule has 3 amide bonds. The highest BCUT2D eigenvalue weighted by atomic mass is 16.6. The number of aliphatic hydroxyl groups is 2. The molecule has 2 aromatic rings. The van der Waals surface area contributed by atoms with Crippen molar-refractivity contribution in [3.05, 3.63) is 113 Å². The number of amides is 3. The van der Waals surface area contributed by atoms with Crippen molar-refractivity contribution in [2.45, 2.75) is 219 Å². The number of ether oxygens (including phenoxy) is 10. The van der Waals surface area contributed by atoms with E-state index in [9.17, 15) is 48.6 Å². The van der Waals surface area contributed by atoms with E-state index in [0.717, 1.165) is 28.0 Å². The molecule has 2 aromatic carbocycles. The SMILES string of the molecule is CO[C@H]1C[C@@H]2CC[C@@H](C)[C@@](O)(O2)C(=O)C(=O)N2CCCC[C@H]2C(=O)O[C@H]([C@H](C)C[C@@H]2CC[C@@H](OC(=O)CCOCCOCCOCCOCCNC(=O)CCCCC(=O)N3Cc4ccccc4C#Cc4ccccc43)[C@H](OC)C2)CC(=O)[C@H](C)/C=C(\C)[C@@H](O)[C@@H](OC)C(=O)[C@H](C)C[C@H](C)/C=C/C=CC=C1C. The summed E-state index contributed by atoms with van der Waals surface area (Å²) in [5.41, 5.74) is 4.71. The van der Waals surface area contributed by atoms with Crippen LogP contribution in [0.15, 0.2) is 96.1 Å². The highest BCUT2D eigenvalue weighted by molar-refractivity contribution is 6.39. The molecule has 4 heterocycles. The van der Waals surface area contributed by atoms with Gasteiger partial charge in [0.05, 0.1) is 89.8 Å². The van der Waals surface area contributed by atoms with Gasteiger partial charge in [0.15, 0.2) is 5.78 Å². The Morgan fingerprint density at radius 3 is 2.11 bits per heavy atom. The van der Waals surface area contributed by atoms with Gasteiger partial charge in [-0.3, -0.25) is 33.6 Å². The number of rotatable bonds is 27. The van der Waals surface area contributed by atoms with Gasteiger partial charge in [-0.05, 0) is 144 Å². The Balaban J connectivity index is 0.834. The van der Waals surface area contributed by atoms with Gasteiger partial charge in [-0.1, -0.05) is 113 Å². The summed E-state index contributed by atoms with van der Waals surface area (Å²) in [5, 5.41) is 26.6. The number of carbonyl (C=O) groups excluding carboxylic acids is 8. The molecule has 0 spiro atoms. The smallest absolute Gasteiger partial charge is 0.329 e. The first-order chi connectivity index (χ1) is 51.0. The minimum atomic E-state index is -2.48. The number of nitrogens with zero attached hydrogens (tertiary/aromatic N) is 2. The Labute approximate surface area is 627 Å². The second-order valence-electron chi connectivity index (χ2n) is 29.2. The highest BCUT2D eigenvalue weighted by Crippen LogP contribution is 2.39. The first kappa shape index (κ1) is 86.2. The molecule has 106 heavy (non-hydrogen) atoms. The van der Waals surface area contributed by atoms with Crippen LogP contribution in [0.25, 0.3) is 0 Å². The van der Waals surface area contributed by atoms with Crippen LogP contribution in [0.1, 0.15) is 174 Å². The summed E-state index contributed by atoms with van der Waals surface area (Å²) >= 11 is 0. The molecule has 584 valence electrons. The van der Waals surface area contributed by atoms with Gasteiger partial charge in [0.1, 0.15) is 36.2 Å². The van der Waals surface area contributed by atoms with Crippen molar-refractivity contribution >= 4 is 52.7 Å². The largest absolute Gasteiger partial charge is 0.460 e. The molecule has 0 aromatic heterocycles. The van der Waals surface area contributed by atoms with Crippen molar-refractivity contribution in [1.82, 2.24) is 10.2 Å². The summed E-state index contributed by atoms with van der Waals surface area (Å²) in [4.78, 5) is 114. The monoisotopic (exact) mass is 1480 g/mol. The molecule has 7 rings (SSSR count). The van der Waals surface area contributed by atoms with E-state index in [1.165, 1.54) is 12.0 Å². The summed E-state index contributed by atoms with van der Waals surface area (Å²) in [6.07, 6.45) is 11.9. The molecule has 15 atom stereocenters. The minimum Gasteiger partial charge on any atom is -0.460 e. The average molecular weight is 1480 g/mol. The fraction of sp³-hybridized carbons (Fsp3) is 0.639. The van der Waals surface area contributed by atoms with Crippen LogP contribution < -0.4 is 10.2 Å². The quantitative estimate of drug-likeness (QED) is 0.0246. The molecule has 2 saturated heterocycles. The van der Waals surface area contributed by atoms with Crippen molar-refractivity contribution in [1.29, 1.82) is 0 Å². The first-order valence-electron chi connectivity index (χ1n) is 38.2. The Hall–Kier alpha value is -7.08. The third-order valence-electron chi connectivity index (χ3n) is 21.1. The molecule has 4 aliphatic heterocycles. The Kier molecular flexibility index (Phi) is 36.1. The van der Waals surface area contributed by atoms with Crippen molar-refractivity contribution in [3.63, 3.8) is 0 Å². The number of esters is 2. The van der Waals surface area contributed by atoms with E-state index < -0.39 is 102 Å². The number of fused-ring (bicyclic) bond motifs is 5. The maximum absolute atomic E-state index is 14.7. The number of aliphatic hydroxyl groups excluding tert-OH is 1. The van der Waals surface area contributed by atoms with Crippen LogP contribution in [0, 0.1) is 47.3 Å². The summed E-state index contributed by atoms with van der Waals surface area (Å²) in [6, 6.07) is 14.3. The Morgan fingerprint density at radius 2 is 1.40 bits per heavy atom. The molecular formula is C83H117N3O20. The lowest BCUT2D eigenvalue weighted by Gasteiger charge is -2.42. The van der Waals surface area contributed by atoms with Gasteiger partial charge >= 0.3 is 11.9 Å². The van der Waals surface area contributed by atoms with Gasteiger partial charge in [0.25, 0.3) is 11.7 Å². The lowest BCUT2D eigenvalue weighted by Crippen LogP contribution is -2.61. The second kappa shape index (κ2) is 44.4. The molecule has 3 N–H and O–H groups in total. The number of methoxy groups -OCH3 is 3. The van der Waals surface area contributed by atoms with Crippen LogP contribution in [-0.4, -0.2) is 204 Å². The third-order valence-corrected chi connectivity index (χ3v) is 21.1. The average Bonchev–Trinajstić information content (AvgIpc) is 0.776. The van der Waals surface area contributed by atoms with E-state index in [0.29, 0.717) is 135 Å². The third kappa shape index (κ3) is 26.1. The number of unbranched alkanes of at least 4 members (excludes halogenated alkanes) is 1. The minimum absolute atomic E-state index is 0.00904. The Bertz CT molecular complexity index is 3410. The van der Waals surface area contributed by atoms with E-state index in [1.807, 2.05) is 99.7 Å². The van der Waals surface area contributed by atoms with Gasteiger partial charge in [0.2, 0.25) is 17.6 Å². The number of cyclic esters (lactones) is 1. The van der Waals surface area contributed by atoms with Crippen molar-refractivity contribution in [2.75, 3.05) is 92.2 Å². The fourth-order valence-electron chi connectivity index (χ4n) is 14.6. The number of hydrogen-bond donors (Lipinski definition) is 3. The highest BCUT2D eigenvalue weighted by Gasteiger charge is 2.53. The standard InChI is InChI=1S/C83H117N3O20/c1-55-22-12-11-13-23-56(2)71(97-8)52-66-35-31-61(7)83(96,106-66)80(93)81(94)85-39-21-20-28-68(85)82(95)105-72(53-69(87)57(3)49-60(6)78(92)79(99-10)77(91)59(5)48-55)58(4)50-62-32-36-70(73(51-62)98-9)104-76(90)37-40-100-42-44-102-46-47-103-45-43-101-41-38-84-74(88)29-18-19-30-75(89)86-54-65-26-15-14-24-63(65)33-34-64-25-16-17-27-67(64)86/h11-17,22-27,49,55,57-59,61-62,66,68,70-73,78-79,92,96H,18-21,28-32,35-48,50-54H2,1-10H3,(H,84,88)/b13-11?,22-12+,56-23?,60-49+/t55-,57-,58-,59-,61-,62+,66+,68+,70-,71+,72+,73-,78-,79+,83-/m1/s1. The first-order valence-corrected chi connectivity index (χ1v) is 38.2. The normalized spacial score (nSPS) is 28.7. The number of Topliss-reactive ketones (excluding diaryl/α,β-unsaturated/α-hetero) is 3. The predicted molar refractivity (Wildman–Crippen MR) is 398 cm³/mol. The van der Waals surface area contributed by atoms with Crippen LogP contribution in [0.2, 0.25) is 0 Å². The summed E-state index contributed by atoms with van der Waals surface area (Å²) in [5.74, 6) is -2.71. The van der Waals surface area contributed by atoms with Gasteiger partial charge in [-0.2, -0.15) is 0 Å². The molecule has 23 nitrogen and oxygen atoms in total. The van der Waals surface area contributed by atoms with Crippen LogP contribution in [-0.2, 0) is 92.3 Å². The zero-order valence-electron chi connectivity index (χ0n) is 64.1. The Morgan fingerprint density at radius 1 is 0.717 bits per heavy atom. The number of allylic oxidation sites excluding steroid dienone is 6. The molecular weight excluding hydrogens is 1360 g/mol. The number of para-hydroxylation sites is 1. The lowest BCUT2D eigenvalue weighted by atomic mass is 9.78. The fourth-order valence-corrected chi connectivity index (χ4v) is 14.6. The number of ketones is 3. The van der Waals surface area contributed by atoms with E-state index in [1.54, 1.807) is 52.9 Å². The molecule has 0 unspecified atom stereocenters. The van der Waals surface area contributed by atoms with Gasteiger partial charge < -0.3 is 72.7 Å². The van der Waals surface area contributed by atoms with Crippen LogP contribution in [0.5, 0.6) is 0 Å². The van der Waals surface area contributed by atoms with E-state index >= 15 is 0 Å². The summed E-state index contributed by atoms with van der Waals surface area (Å²) in [7, 11) is 4.50. The van der Waals surface area contributed by atoms with E-state index in [4.69, 9.17) is 47.4 Å². The lowest BCUT2D eigenvalue weighted by molar-refractivity contribution is -0.265. The molecule has 1 saturated carbocycles. The number of benzene rings is 2. The zero-order valence-corrected chi connectivity index (χ0v) is 64.1. The topological polar surface area (TPSA) is 288 Å². The van der Waals surface area contributed by atoms with E-state index in [2.05, 4.69) is 17.2 Å². The van der Waals surface area contributed by atoms with Crippen molar-refractivity contribution in [2.24, 2.45) is 35.5 Å². The molecule has 3 fully saturated rings. The van der Waals surface area contributed by atoms with Gasteiger partial charge in [-0.15, -0.1) is 0 Å². The second-order valence-corrected chi connectivity index (χ2v) is 29.2. The molecule has 23 heteroatoms. The number of hydrogen-bond acceptors (Lipinski definition) is 20. The van der Waals surface area contributed by atoms with Crippen molar-refractivity contribution in [3.8, 4) is 11.8 Å². The number of anilines is 1.